The SMILES string of the molecule is CC[C@H](C)[C@@H]1NC(=O)CNC(=O)[C@@H]2Cc3c([nH]c4ccccc34)SC[C@H](NC(=O)C3(CC3)NC1=O)C(=O)N[C@@H](CC(N)=O)C(=O)N1C[C@H](O)C[C@H]1C(=O)N[C@@H]([C@@H](C)CCO)C(=O)N2. The van der Waals surface area contributed by atoms with E-state index in [4.69, 9.17) is 5.73 Å². The molecule has 4 aliphatic rings. The maximum absolute atomic E-state index is 14.4. The van der Waals surface area contributed by atoms with Crippen LogP contribution in [0.25, 0.3) is 10.9 Å². The number of rotatable bonds is 7. The van der Waals surface area contributed by atoms with Gasteiger partial charge in [0.2, 0.25) is 53.2 Å². The number of aliphatic hydroxyl groups is 2. The highest BCUT2D eigenvalue weighted by molar-refractivity contribution is 7.99. The van der Waals surface area contributed by atoms with Crippen molar-refractivity contribution in [1.29, 1.82) is 0 Å². The Morgan fingerprint density at radius 3 is 2.29 bits per heavy atom. The molecule has 1 aromatic carbocycles. The lowest BCUT2D eigenvalue weighted by Gasteiger charge is -2.32. The van der Waals surface area contributed by atoms with Crippen LogP contribution in [0, 0.1) is 11.8 Å². The molecule has 342 valence electrons. The molecular formula is C41H56N10O11S. The summed E-state index contributed by atoms with van der Waals surface area (Å²) in [5, 5.41) is 40.4. The Kier molecular flexibility index (Phi) is 14.7. The van der Waals surface area contributed by atoms with Crippen LogP contribution in [0.5, 0.6) is 0 Å². The smallest absolute Gasteiger partial charge is 0.246 e. The molecule has 0 radical (unpaired) electrons. The second kappa shape index (κ2) is 19.8. The zero-order valence-electron chi connectivity index (χ0n) is 35.3. The fourth-order valence-corrected chi connectivity index (χ4v) is 9.27. The number of fused-ring (bicyclic) bond motifs is 5. The fraction of sp³-hybridized carbons (Fsp3) is 0.585. The van der Waals surface area contributed by atoms with Crippen LogP contribution in [-0.2, 0) is 49.6 Å². The Morgan fingerprint density at radius 2 is 1.60 bits per heavy atom. The summed E-state index contributed by atoms with van der Waals surface area (Å²) in [4.78, 5) is 130. The molecule has 2 aromatic rings. The first-order valence-corrected chi connectivity index (χ1v) is 22.1. The number of hydrogen-bond acceptors (Lipinski definition) is 12. The lowest BCUT2D eigenvalue weighted by molar-refractivity contribution is -0.143. The second-order valence-corrected chi connectivity index (χ2v) is 17.9. The molecular weight excluding hydrogens is 841 g/mol. The Balaban J connectivity index is 1.51. The zero-order valence-corrected chi connectivity index (χ0v) is 36.1. The number of nitrogens with one attached hydrogen (secondary N) is 8. The number of amides is 9. The first kappa shape index (κ1) is 46.8. The minimum Gasteiger partial charge on any atom is -0.396 e. The number of nitrogens with zero attached hydrogens (tertiary/aromatic N) is 1. The second-order valence-electron chi connectivity index (χ2n) is 16.9. The molecule has 2 bridgehead atoms. The van der Waals surface area contributed by atoms with Crippen LogP contribution >= 0.6 is 11.8 Å². The minimum atomic E-state index is -1.67. The van der Waals surface area contributed by atoms with E-state index in [1.165, 1.54) is 0 Å². The molecule has 22 heteroatoms. The van der Waals surface area contributed by atoms with E-state index in [2.05, 4.69) is 42.2 Å². The molecule has 1 saturated carbocycles. The number of aliphatic hydroxyl groups excluding tert-OH is 2. The van der Waals surface area contributed by atoms with Crippen LogP contribution in [0.15, 0.2) is 29.3 Å². The molecule has 1 saturated heterocycles. The van der Waals surface area contributed by atoms with E-state index in [1.54, 1.807) is 38.1 Å². The quantitative estimate of drug-likeness (QED) is 0.132. The number of primary amides is 1. The summed E-state index contributed by atoms with van der Waals surface area (Å²) in [5.41, 5.74) is 5.24. The normalized spacial score (nSPS) is 28.6. The monoisotopic (exact) mass is 896 g/mol. The van der Waals surface area contributed by atoms with E-state index in [1.807, 2.05) is 6.92 Å². The predicted octanol–water partition coefficient (Wildman–Crippen LogP) is -3.08. The molecule has 2 fully saturated rings. The van der Waals surface area contributed by atoms with Gasteiger partial charge in [0.05, 0.1) is 24.1 Å². The number of thioether (sulfide) groups is 1. The molecule has 4 heterocycles. The Morgan fingerprint density at radius 1 is 0.889 bits per heavy atom. The van der Waals surface area contributed by atoms with Crippen molar-refractivity contribution in [3.63, 3.8) is 0 Å². The highest BCUT2D eigenvalue weighted by atomic mass is 32.2. The predicted molar refractivity (Wildman–Crippen MR) is 226 cm³/mol. The van der Waals surface area contributed by atoms with Crippen LogP contribution < -0.4 is 43.0 Å². The molecule has 6 rings (SSSR count). The van der Waals surface area contributed by atoms with Gasteiger partial charge in [-0.2, -0.15) is 0 Å². The number of H-pyrrole nitrogens is 1. The maximum atomic E-state index is 14.4. The zero-order chi connectivity index (χ0) is 45.7. The summed E-state index contributed by atoms with van der Waals surface area (Å²) >= 11 is 1.08. The van der Waals surface area contributed by atoms with Crippen LogP contribution in [0.4, 0.5) is 0 Å². The van der Waals surface area contributed by atoms with Crippen molar-refractivity contribution in [2.24, 2.45) is 17.6 Å². The van der Waals surface area contributed by atoms with Crippen LogP contribution in [-0.4, -0.2) is 147 Å². The fourth-order valence-electron chi connectivity index (χ4n) is 8.15. The summed E-state index contributed by atoms with van der Waals surface area (Å²) in [7, 11) is 0. The molecule has 63 heavy (non-hydrogen) atoms. The molecule has 21 nitrogen and oxygen atoms in total. The van der Waals surface area contributed by atoms with Crippen LogP contribution in [0.2, 0.25) is 0 Å². The molecule has 1 spiro atoms. The summed E-state index contributed by atoms with van der Waals surface area (Å²) in [6.07, 6.45) is -1.56. The van der Waals surface area contributed by atoms with Crippen molar-refractivity contribution >= 4 is 75.8 Å². The third-order valence-electron chi connectivity index (χ3n) is 12.2. The molecule has 9 amide bonds. The van der Waals surface area contributed by atoms with Gasteiger partial charge in [-0.15, -0.1) is 11.8 Å². The standard InChI is InChI=1S/C41H56N10O11S/c1-4-19(2)31-37(60)50-41(10-11-41)40(62)47-27-18-63-38-23(22-7-5-6-8-24(22)46-38)14-25(33(56)43-16-30(55)48-31)44-36(59)32(20(3)9-12-52)49-35(58)28-13-21(53)17-51(28)39(61)26(15-29(42)54)45-34(27)57/h5-8,19-21,25-28,31-32,46,52-53H,4,9-18H2,1-3H3,(H2,42,54)(H,43,56)(H,44,59)(H,45,57)(H,47,62)(H,48,55)(H,49,58)(H,50,60)/t19-,20-,21+,25-,26-,27-,28-,31-,32-/m0/s1. The van der Waals surface area contributed by atoms with E-state index < -0.39 is 126 Å². The number of carbonyl (C=O) groups excluding carboxylic acids is 9. The van der Waals surface area contributed by atoms with Crippen LogP contribution in [0.1, 0.15) is 64.9 Å². The third kappa shape index (κ3) is 10.7. The van der Waals surface area contributed by atoms with Gasteiger partial charge >= 0.3 is 0 Å². The highest BCUT2D eigenvalue weighted by Crippen LogP contribution is 2.37. The number of benzene rings is 1. The van der Waals surface area contributed by atoms with Gasteiger partial charge in [-0.25, -0.2) is 0 Å². The van der Waals surface area contributed by atoms with E-state index in [0.717, 1.165) is 16.7 Å². The summed E-state index contributed by atoms with van der Waals surface area (Å²) in [6, 6.07) is -1.40. The largest absolute Gasteiger partial charge is 0.396 e. The van der Waals surface area contributed by atoms with E-state index in [-0.39, 0.29) is 51.0 Å². The number of aromatic nitrogens is 1. The molecule has 9 atom stereocenters. The van der Waals surface area contributed by atoms with Crippen LogP contribution in [0.3, 0.4) is 0 Å². The van der Waals surface area contributed by atoms with Gasteiger partial charge in [-0.05, 0) is 42.7 Å². The first-order valence-electron chi connectivity index (χ1n) is 21.2. The number of nitrogens with two attached hydrogens (primary N) is 1. The van der Waals surface area contributed by atoms with Crippen molar-refractivity contribution in [3.05, 3.63) is 29.8 Å². The van der Waals surface area contributed by atoms with Crippen molar-refractivity contribution in [2.45, 2.75) is 119 Å². The van der Waals surface area contributed by atoms with Gasteiger partial charge in [-0.3, -0.25) is 43.2 Å². The Labute approximate surface area is 366 Å². The molecule has 1 aliphatic carbocycles. The molecule has 3 aliphatic heterocycles. The molecule has 12 N–H and O–H groups in total. The van der Waals surface area contributed by atoms with E-state index in [0.29, 0.717) is 27.9 Å². The number of hydrogen-bond donors (Lipinski definition) is 11. The van der Waals surface area contributed by atoms with Gasteiger partial charge in [-0.1, -0.05) is 45.4 Å². The average Bonchev–Trinajstić information content (AvgIpc) is 3.79. The van der Waals surface area contributed by atoms with Crippen molar-refractivity contribution in [3.8, 4) is 0 Å². The Bertz CT molecular complexity index is 2150. The number of carbonyl (C=O) groups is 9. The van der Waals surface area contributed by atoms with Gasteiger partial charge in [0, 0.05) is 42.6 Å². The Hall–Kier alpha value is -5.74. The molecule has 1 aromatic heterocycles. The van der Waals surface area contributed by atoms with E-state index in [9.17, 15) is 53.4 Å². The number of para-hydroxylation sites is 1. The molecule has 0 unspecified atom stereocenters. The van der Waals surface area contributed by atoms with Gasteiger partial charge in [0.1, 0.15) is 41.8 Å². The summed E-state index contributed by atoms with van der Waals surface area (Å²) in [5.74, 6) is -8.88. The topological polar surface area (TPSA) is 323 Å². The van der Waals surface area contributed by atoms with Crippen molar-refractivity contribution in [2.75, 3.05) is 25.4 Å². The van der Waals surface area contributed by atoms with E-state index >= 15 is 0 Å². The van der Waals surface area contributed by atoms with Gasteiger partial charge in [0.15, 0.2) is 0 Å². The van der Waals surface area contributed by atoms with Gasteiger partial charge in [0.25, 0.3) is 0 Å². The lowest BCUT2D eigenvalue weighted by Crippen LogP contribution is -2.62. The van der Waals surface area contributed by atoms with Gasteiger partial charge < -0.3 is 63.0 Å². The summed E-state index contributed by atoms with van der Waals surface area (Å²) < 4.78 is 0. The highest BCUT2D eigenvalue weighted by Gasteiger charge is 2.53. The minimum absolute atomic E-state index is 0.0189. The lowest BCUT2D eigenvalue weighted by atomic mass is 9.96. The van der Waals surface area contributed by atoms with Crippen molar-refractivity contribution in [1.82, 2.24) is 47.1 Å². The average molecular weight is 897 g/mol. The first-order chi connectivity index (χ1) is 29.9. The maximum Gasteiger partial charge on any atom is 0.246 e. The third-order valence-corrected chi connectivity index (χ3v) is 13.4. The number of aromatic amines is 1. The van der Waals surface area contributed by atoms with Crippen molar-refractivity contribution < 1.29 is 53.4 Å². The summed E-state index contributed by atoms with van der Waals surface area (Å²) in [6.45, 7) is 3.75.